The van der Waals surface area contributed by atoms with Gasteiger partial charge in [-0.25, -0.2) is 4.79 Å². The van der Waals surface area contributed by atoms with Crippen LogP contribution >= 0.6 is 0 Å². The smallest absolute Gasteiger partial charge is 0.331 e. The van der Waals surface area contributed by atoms with Crippen LogP contribution < -0.4 is 0 Å². The van der Waals surface area contributed by atoms with Crippen LogP contribution in [0.4, 0.5) is 0 Å². The monoisotopic (exact) mass is 244 g/mol. The van der Waals surface area contributed by atoms with E-state index in [1.165, 1.54) is 0 Å². The van der Waals surface area contributed by atoms with Crippen LogP contribution in [-0.2, 0) is 19.1 Å². The first-order chi connectivity index (χ1) is 7.75. The maximum absolute atomic E-state index is 11.5. The molecule has 0 aromatic carbocycles. The van der Waals surface area contributed by atoms with Crippen LogP contribution in [0.5, 0.6) is 0 Å². The zero-order valence-corrected chi connectivity index (χ0v) is 9.80. The molecule has 1 unspecified atom stereocenters. The summed E-state index contributed by atoms with van der Waals surface area (Å²) in [5.41, 5.74) is -0.471. The standard InChI is InChI=1S/C11H16O6/c1-6(2)5-17-11(16)8(4-9(12)13)7(3)10(14)15/h6,8H,3-5H2,1-2H3,(H,12,13)(H,14,15). The number of carboxylic acids is 2. The lowest BCUT2D eigenvalue weighted by Gasteiger charge is -2.15. The number of ether oxygens (including phenoxy) is 1. The van der Waals surface area contributed by atoms with E-state index in [1.54, 1.807) is 0 Å². The second-order valence-corrected chi connectivity index (χ2v) is 4.00. The predicted octanol–water partition coefficient (Wildman–Crippen LogP) is 0.917. The summed E-state index contributed by atoms with van der Waals surface area (Å²) in [6, 6.07) is 0. The molecule has 17 heavy (non-hydrogen) atoms. The molecule has 0 aliphatic rings. The fourth-order valence-electron chi connectivity index (χ4n) is 1.02. The van der Waals surface area contributed by atoms with E-state index in [0.29, 0.717) is 0 Å². The van der Waals surface area contributed by atoms with Crippen LogP contribution in [0.3, 0.4) is 0 Å². The molecule has 6 heteroatoms. The molecule has 0 saturated heterocycles. The number of aliphatic carboxylic acids is 2. The van der Waals surface area contributed by atoms with Gasteiger partial charge in [0, 0.05) is 5.57 Å². The van der Waals surface area contributed by atoms with E-state index in [2.05, 4.69) is 6.58 Å². The summed E-state index contributed by atoms with van der Waals surface area (Å²) in [7, 11) is 0. The Bertz CT molecular complexity index is 331. The lowest BCUT2D eigenvalue weighted by atomic mass is 9.97. The first-order valence-electron chi connectivity index (χ1n) is 5.06. The van der Waals surface area contributed by atoms with E-state index in [-0.39, 0.29) is 12.5 Å². The second-order valence-electron chi connectivity index (χ2n) is 4.00. The van der Waals surface area contributed by atoms with E-state index >= 15 is 0 Å². The number of rotatable bonds is 7. The summed E-state index contributed by atoms with van der Waals surface area (Å²) >= 11 is 0. The molecule has 0 spiro atoms. The quantitative estimate of drug-likeness (QED) is 0.510. The van der Waals surface area contributed by atoms with Gasteiger partial charge in [-0.1, -0.05) is 20.4 Å². The third-order valence-corrected chi connectivity index (χ3v) is 1.92. The summed E-state index contributed by atoms with van der Waals surface area (Å²) in [5.74, 6) is -4.81. The highest BCUT2D eigenvalue weighted by atomic mass is 16.5. The summed E-state index contributed by atoms with van der Waals surface area (Å²) in [6.45, 7) is 6.93. The van der Waals surface area contributed by atoms with Crippen LogP contribution in [0, 0.1) is 11.8 Å². The van der Waals surface area contributed by atoms with Gasteiger partial charge in [0.25, 0.3) is 0 Å². The molecule has 0 aliphatic heterocycles. The largest absolute Gasteiger partial charge is 0.481 e. The van der Waals surface area contributed by atoms with Crippen molar-refractivity contribution in [2.24, 2.45) is 11.8 Å². The molecule has 0 rings (SSSR count). The summed E-state index contributed by atoms with van der Waals surface area (Å²) in [4.78, 5) is 32.7. The van der Waals surface area contributed by atoms with E-state index < -0.39 is 35.8 Å². The normalized spacial score (nSPS) is 11.9. The maximum Gasteiger partial charge on any atom is 0.331 e. The number of carboxylic acid groups (broad SMARTS) is 2. The number of esters is 1. The van der Waals surface area contributed by atoms with Crippen LogP contribution in [0.15, 0.2) is 12.2 Å². The number of carbonyl (C=O) groups excluding carboxylic acids is 1. The number of hydrogen-bond acceptors (Lipinski definition) is 4. The van der Waals surface area contributed by atoms with Crippen LogP contribution in [0.25, 0.3) is 0 Å². The SMILES string of the molecule is C=C(C(=O)O)C(CC(=O)O)C(=O)OCC(C)C. The van der Waals surface area contributed by atoms with Gasteiger partial charge in [-0.05, 0) is 5.92 Å². The fourth-order valence-corrected chi connectivity index (χ4v) is 1.02. The Labute approximate surface area is 98.9 Å². The van der Waals surface area contributed by atoms with E-state index in [9.17, 15) is 14.4 Å². The number of carbonyl (C=O) groups is 3. The van der Waals surface area contributed by atoms with Crippen molar-refractivity contribution in [2.45, 2.75) is 20.3 Å². The molecule has 0 fully saturated rings. The zero-order valence-electron chi connectivity index (χ0n) is 9.80. The van der Waals surface area contributed by atoms with Crippen molar-refractivity contribution in [1.29, 1.82) is 0 Å². The molecule has 0 aromatic rings. The van der Waals surface area contributed by atoms with Crippen molar-refractivity contribution >= 4 is 17.9 Å². The first kappa shape index (κ1) is 15.2. The summed E-state index contributed by atoms with van der Waals surface area (Å²) in [6.07, 6.45) is -0.637. The van der Waals surface area contributed by atoms with Crippen LogP contribution in [0.2, 0.25) is 0 Å². The van der Waals surface area contributed by atoms with Gasteiger partial charge in [0.2, 0.25) is 0 Å². The molecule has 6 nitrogen and oxygen atoms in total. The minimum absolute atomic E-state index is 0.0857. The van der Waals surface area contributed by atoms with Crippen molar-refractivity contribution in [3.8, 4) is 0 Å². The molecular weight excluding hydrogens is 228 g/mol. The van der Waals surface area contributed by atoms with Gasteiger partial charge in [0.05, 0.1) is 18.9 Å². The Morgan fingerprint density at radius 1 is 1.24 bits per heavy atom. The van der Waals surface area contributed by atoms with Crippen LogP contribution in [0.1, 0.15) is 20.3 Å². The summed E-state index contributed by atoms with van der Waals surface area (Å²) in [5, 5.41) is 17.3. The Morgan fingerprint density at radius 3 is 2.12 bits per heavy atom. The van der Waals surface area contributed by atoms with Gasteiger partial charge < -0.3 is 14.9 Å². The fraction of sp³-hybridized carbons (Fsp3) is 0.545. The van der Waals surface area contributed by atoms with Gasteiger partial charge in [0.1, 0.15) is 0 Å². The average Bonchev–Trinajstić information content (AvgIpc) is 2.21. The highest BCUT2D eigenvalue weighted by molar-refractivity contribution is 5.95. The van der Waals surface area contributed by atoms with E-state index in [0.717, 1.165) is 0 Å². The molecule has 0 bridgehead atoms. The van der Waals surface area contributed by atoms with Gasteiger partial charge in [-0.15, -0.1) is 0 Å². The Morgan fingerprint density at radius 2 is 1.76 bits per heavy atom. The van der Waals surface area contributed by atoms with Gasteiger partial charge in [0.15, 0.2) is 0 Å². The lowest BCUT2D eigenvalue weighted by Crippen LogP contribution is -2.26. The first-order valence-corrected chi connectivity index (χ1v) is 5.06. The van der Waals surface area contributed by atoms with Gasteiger partial charge in [-0.2, -0.15) is 0 Å². The molecule has 1 atom stereocenters. The third-order valence-electron chi connectivity index (χ3n) is 1.92. The maximum atomic E-state index is 11.5. The minimum atomic E-state index is -1.40. The second kappa shape index (κ2) is 6.67. The van der Waals surface area contributed by atoms with Gasteiger partial charge in [-0.3, -0.25) is 9.59 Å². The molecule has 96 valence electrons. The molecule has 0 radical (unpaired) electrons. The molecule has 0 aromatic heterocycles. The van der Waals surface area contributed by atoms with Gasteiger partial charge >= 0.3 is 17.9 Å². The average molecular weight is 244 g/mol. The molecule has 2 N–H and O–H groups in total. The topological polar surface area (TPSA) is 101 Å². The molecular formula is C11H16O6. The summed E-state index contributed by atoms with van der Waals surface area (Å²) < 4.78 is 4.81. The van der Waals surface area contributed by atoms with Crippen molar-refractivity contribution in [1.82, 2.24) is 0 Å². The molecule has 0 heterocycles. The minimum Gasteiger partial charge on any atom is -0.481 e. The van der Waals surface area contributed by atoms with Crippen molar-refractivity contribution in [2.75, 3.05) is 6.61 Å². The van der Waals surface area contributed by atoms with Crippen molar-refractivity contribution < 1.29 is 29.3 Å². The van der Waals surface area contributed by atoms with Crippen LogP contribution in [-0.4, -0.2) is 34.7 Å². The Balaban J connectivity index is 4.68. The lowest BCUT2D eigenvalue weighted by molar-refractivity contribution is -0.153. The highest BCUT2D eigenvalue weighted by Crippen LogP contribution is 2.16. The molecule has 0 aliphatic carbocycles. The van der Waals surface area contributed by atoms with Crippen molar-refractivity contribution in [3.63, 3.8) is 0 Å². The van der Waals surface area contributed by atoms with Crippen molar-refractivity contribution in [3.05, 3.63) is 12.2 Å². The predicted molar refractivity (Wildman–Crippen MR) is 58.3 cm³/mol. The zero-order chi connectivity index (χ0) is 13.6. The number of hydrogen-bond donors (Lipinski definition) is 2. The molecule has 0 amide bonds. The third kappa shape index (κ3) is 5.70. The Kier molecular flexibility index (Phi) is 5.95. The highest BCUT2D eigenvalue weighted by Gasteiger charge is 2.29. The molecule has 0 saturated carbocycles. The van der Waals surface area contributed by atoms with E-state index in [1.807, 2.05) is 13.8 Å². The Hall–Kier alpha value is -1.85. The van der Waals surface area contributed by atoms with E-state index in [4.69, 9.17) is 14.9 Å².